The molecular formula is C15H9ClFNO3. The zero-order chi connectivity index (χ0) is 15.0. The van der Waals surface area contributed by atoms with Crippen LogP contribution in [0.2, 0.25) is 5.02 Å². The maximum Gasteiger partial charge on any atom is 0.400 e. The average Bonchev–Trinajstić information content (AvgIpc) is 2.82. The number of carbonyl (C=O) groups is 1. The summed E-state index contributed by atoms with van der Waals surface area (Å²) in [6, 6.07) is 8.62. The van der Waals surface area contributed by atoms with Crippen molar-refractivity contribution >= 4 is 28.5 Å². The van der Waals surface area contributed by atoms with Gasteiger partial charge in [-0.3, -0.25) is 4.79 Å². The number of ether oxygens (including phenoxy) is 1. The van der Waals surface area contributed by atoms with Gasteiger partial charge in [-0.05, 0) is 37.3 Å². The fourth-order valence-electron chi connectivity index (χ4n) is 1.82. The smallest absolute Gasteiger partial charge is 0.400 e. The first-order valence-corrected chi connectivity index (χ1v) is 6.45. The van der Waals surface area contributed by atoms with Crippen molar-refractivity contribution in [3.8, 4) is 11.8 Å². The highest BCUT2D eigenvalue weighted by Gasteiger charge is 2.12. The van der Waals surface area contributed by atoms with E-state index in [0.29, 0.717) is 22.4 Å². The molecule has 6 heteroatoms. The van der Waals surface area contributed by atoms with Crippen molar-refractivity contribution in [1.29, 1.82) is 0 Å². The number of rotatable bonds is 3. The molecule has 0 aliphatic heterocycles. The van der Waals surface area contributed by atoms with Crippen LogP contribution in [0.3, 0.4) is 0 Å². The summed E-state index contributed by atoms with van der Waals surface area (Å²) in [5.41, 5.74) is 1.23. The molecule has 1 aromatic heterocycles. The van der Waals surface area contributed by atoms with Crippen LogP contribution < -0.4 is 4.74 Å². The summed E-state index contributed by atoms with van der Waals surface area (Å²) in [6.45, 7) is 1.45. The van der Waals surface area contributed by atoms with E-state index in [1.807, 2.05) is 0 Å². The van der Waals surface area contributed by atoms with Crippen LogP contribution in [0.5, 0.6) is 11.8 Å². The maximum absolute atomic E-state index is 13.1. The van der Waals surface area contributed by atoms with Crippen LogP contribution >= 0.6 is 11.6 Å². The first-order chi connectivity index (χ1) is 10.0. The van der Waals surface area contributed by atoms with Gasteiger partial charge in [0.25, 0.3) is 0 Å². The van der Waals surface area contributed by atoms with Crippen LogP contribution in [0.25, 0.3) is 11.1 Å². The minimum absolute atomic E-state index is 0.0481. The molecule has 2 aromatic carbocycles. The first kappa shape index (κ1) is 13.6. The third-order valence-corrected chi connectivity index (χ3v) is 3.16. The van der Waals surface area contributed by atoms with Gasteiger partial charge in [-0.25, -0.2) is 4.39 Å². The van der Waals surface area contributed by atoms with Gasteiger partial charge in [0.2, 0.25) is 0 Å². The quantitative estimate of drug-likeness (QED) is 0.663. The van der Waals surface area contributed by atoms with Crippen molar-refractivity contribution in [3.05, 3.63) is 52.8 Å². The molecule has 0 N–H and O–H groups in total. The summed E-state index contributed by atoms with van der Waals surface area (Å²) in [6.07, 6.45) is -0.0481. The molecule has 3 aromatic rings. The Bertz CT molecular complexity index is 844. The Labute approximate surface area is 124 Å². The SMILES string of the molecule is CC(=O)c1ccc(Oc2nc3cc(F)ccc3o2)c(Cl)c1. The predicted molar refractivity (Wildman–Crippen MR) is 75.5 cm³/mol. The second-order valence-electron chi connectivity index (χ2n) is 4.40. The molecule has 0 unspecified atom stereocenters. The minimum Gasteiger partial charge on any atom is -0.409 e. The molecule has 0 fully saturated rings. The van der Waals surface area contributed by atoms with Crippen LogP contribution in [-0.2, 0) is 0 Å². The summed E-state index contributed by atoms with van der Waals surface area (Å²) in [4.78, 5) is 15.3. The van der Waals surface area contributed by atoms with Crippen molar-refractivity contribution in [1.82, 2.24) is 4.98 Å². The molecule has 0 atom stereocenters. The Kier molecular flexibility index (Phi) is 3.35. The number of Topliss-reactive ketones (excluding diaryl/α,β-unsaturated/α-hetero) is 1. The molecule has 106 valence electrons. The van der Waals surface area contributed by atoms with Crippen LogP contribution in [0.4, 0.5) is 4.39 Å². The van der Waals surface area contributed by atoms with Gasteiger partial charge in [0.1, 0.15) is 11.3 Å². The van der Waals surface area contributed by atoms with Crippen molar-refractivity contribution in [3.63, 3.8) is 0 Å². The number of fused-ring (bicyclic) bond motifs is 1. The molecule has 4 nitrogen and oxygen atoms in total. The van der Waals surface area contributed by atoms with E-state index < -0.39 is 5.82 Å². The highest BCUT2D eigenvalue weighted by Crippen LogP contribution is 2.31. The van der Waals surface area contributed by atoms with Crippen molar-refractivity contribution in [2.45, 2.75) is 6.92 Å². The third-order valence-electron chi connectivity index (χ3n) is 2.87. The topological polar surface area (TPSA) is 52.3 Å². The second kappa shape index (κ2) is 5.18. The normalized spacial score (nSPS) is 10.8. The van der Waals surface area contributed by atoms with Crippen LogP contribution in [0, 0.1) is 5.82 Å². The largest absolute Gasteiger partial charge is 0.409 e. The predicted octanol–water partition coefficient (Wildman–Crippen LogP) is 4.62. The van der Waals surface area contributed by atoms with Crippen molar-refractivity contribution < 1.29 is 18.3 Å². The molecule has 1 heterocycles. The molecule has 0 saturated carbocycles. The van der Waals surface area contributed by atoms with Gasteiger partial charge < -0.3 is 9.15 Å². The summed E-state index contributed by atoms with van der Waals surface area (Å²) in [7, 11) is 0. The lowest BCUT2D eigenvalue weighted by Gasteiger charge is -2.04. The highest BCUT2D eigenvalue weighted by atomic mass is 35.5. The minimum atomic E-state index is -0.411. The summed E-state index contributed by atoms with van der Waals surface area (Å²) >= 11 is 6.04. The number of hydrogen-bond acceptors (Lipinski definition) is 4. The van der Waals surface area contributed by atoms with E-state index in [1.54, 1.807) is 12.1 Å². The van der Waals surface area contributed by atoms with Crippen LogP contribution in [0.1, 0.15) is 17.3 Å². The van der Waals surface area contributed by atoms with Gasteiger partial charge in [-0.1, -0.05) is 11.6 Å². The van der Waals surface area contributed by atoms with Gasteiger partial charge in [-0.15, -0.1) is 0 Å². The average molecular weight is 306 g/mol. The Balaban J connectivity index is 1.93. The maximum atomic E-state index is 13.1. The highest BCUT2D eigenvalue weighted by molar-refractivity contribution is 6.32. The van der Waals surface area contributed by atoms with Crippen molar-refractivity contribution in [2.75, 3.05) is 0 Å². The number of nitrogens with zero attached hydrogens (tertiary/aromatic N) is 1. The monoisotopic (exact) mass is 305 g/mol. The lowest BCUT2D eigenvalue weighted by atomic mass is 10.1. The van der Waals surface area contributed by atoms with Crippen molar-refractivity contribution in [2.24, 2.45) is 0 Å². The fraction of sp³-hybridized carbons (Fsp3) is 0.0667. The lowest BCUT2D eigenvalue weighted by molar-refractivity contribution is 0.101. The van der Waals surface area contributed by atoms with E-state index in [0.717, 1.165) is 0 Å². The molecule has 0 aliphatic carbocycles. The molecule has 0 saturated heterocycles. The standard InChI is InChI=1S/C15H9ClFNO3/c1-8(19)9-2-4-13(11(16)6-9)20-15-18-12-7-10(17)3-5-14(12)21-15/h2-7H,1H3. The number of hydrogen-bond donors (Lipinski definition) is 0. The van der Waals surface area contributed by atoms with E-state index in [9.17, 15) is 9.18 Å². The summed E-state index contributed by atoms with van der Waals surface area (Å²) in [5, 5.41) is 0.260. The van der Waals surface area contributed by atoms with E-state index in [4.69, 9.17) is 20.8 Å². The molecule has 0 aliphatic rings. The molecule has 0 amide bonds. The molecule has 21 heavy (non-hydrogen) atoms. The summed E-state index contributed by atoms with van der Waals surface area (Å²) in [5.74, 6) is -0.208. The fourth-order valence-corrected chi connectivity index (χ4v) is 2.04. The van der Waals surface area contributed by atoms with E-state index in [-0.39, 0.29) is 16.9 Å². The number of aromatic nitrogens is 1. The molecule has 0 bridgehead atoms. The zero-order valence-corrected chi connectivity index (χ0v) is 11.6. The number of oxazole rings is 1. The van der Waals surface area contributed by atoms with Gasteiger partial charge in [0.05, 0.1) is 5.02 Å². The molecule has 0 radical (unpaired) electrons. The molecule has 0 spiro atoms. The Morgan fingerprint density at radius 1 is 1.29 bits per heavy atom. The summed E-state index contributed by atoms with van der Waals surface area (Å²) < 4.78 is 23.8. The second-order valence-corrected chi connectivity index (χ2v) is 4.80. The van der Waals surface area contributed by atoms with E-state index >= 15 is 0 Å². The van der Waals surface area contributed by atoms with Crippen LogP contribution in [0.15, 0.2) is 40.8 Å². The first-order valence-electron chi connectivity index (χ1n) is 6.07. The number of carbonyl (C=O) groups excluding carboxylic acids is 1. The zero-order valence-electron chi connectivity index (χ0n) is 10.9. The Hall–Kier alpha value is -2.40. The van der Waals surface area contributed by atoms with Gasteiger partial charge in [-0.2, -0.15) is 4.98 Å². The van der Waals surface area contributed by atoms with Gasteiger partial charge in [0.15, 0.2) is 17.1 Å². The number of halogens is 2. The van der Waals surface area contributed by atoms with Crippen LogP contribution in [-0.4, -0.2) is 10.8 Å². The number of benzene rings is 2. The van der Waals surface area contributed by atoms with E-state index in [1.165, 1.54) is 31.2 Å². The van der Waals surface area contributed by atoms with E-state index in [2.05, 4.69) is 4.98 Å². The Morgan fingerprint density at radius 3 is 2.81 bits per heavy atom. The van der Waals surface area contributed by atoms with Gasteiger partial charge in [0, 0.05) is 11.6 Å². The third kappa shape index (κ3) is 2.73. The Morgan fingerprint density at radius 2 is 2.10 bits per heavy atom. The van der Waals surface area contributed by atoms with Gasteiger partial charge >= 0.3 is 6.08 Å². The number of ketones is 1. The lowest BCUT2D eigenvalue weighted by Crippen LogP contribution is -1.93. The molecule has 3 rings (SSSR count). The molecular weight excluding hydrogens is 297 g/mol.